The van der Waals surface area contributed by atoms with E-state index in [9.17, 15) is 0 Å². The molecule has 0 bridgehead atoms. The van der Waals surface area contributed by atoms with Gasteiger partial charge in [-0.25, -0.2) is 0 Å². The van der Waals surface area contributed by atoms with E-state index in [1.54, 1.807) is 3.27 Å². The molecule has 7 heteroatoms. The Bertz CT molecular complexity index is 2150. The minimum absolute atomic E-state index is 0. The second kappa shape index (κ2) is 18.7. The molecule has 0 atom stereocenters. The molecule has 0 radical (unpaired) electrons. The summed E-state index contributed by atoms with van der Waals surface area (Å²) < 4.78 is 3.38. The maximum atomic E-state index is 6.68. The zero-order valence-electron chi connectivity index (χ0n) is 36.4. The third-order valence-electron chi connectivity index (χ3n) is 11.4. The van der Waals surface area contributed by atoms with Gasteiger partial charge in [-0.2, -0.15) is 0 Å². The van der Waals surface area contributed by atoms with Crippen molar-refractivity contribution >= 4 is 52.9 Å². The van der Waals surface area contributed by atoms with Crippen LogP contribution in [0.25, 0.3) is 11.1 Å². The van der Waals surface area contributed by atoms with Crippen molar-refractivity contribution in [3.63, 3.8) is 0 Å². The van der Waals surface area contributed by atoms with E-state index in [0.29, 0.717) is 27.1 Å². The summed E-state index contributed by atoms with van der Waals surface area (Å²) in [6, 6.07) is 21.4. The van der Waals surface area contributed by atoms with Gasteiger partial charge in [0.05, 0.1) is 0 Å². The molecular formula is C51H60Cl6Zr. The van der Waals surface area contributed by atoms with Gasteiger partial charge in [0.1, 0.15) is 0 Å². The Balaban J connectivity index is 0.00000372. The van der Waals surface area contributed by atoms with E-state index in [1.807, 2.05) is 0 Å². The van der Waals surface area contributed by atoms with Gasteiger partial charge in [0.2, 0.25) is 0 Å². The van der Waals surface area contributed by atoms with Gasteiger partial charge >= 0.3 is 369 Å². The molecule has 0 heterocycles. The largest absolute Gasteiger partial charge is 1.00 e. The van der Waals surface area contributed by atoms with Crippen LogP contribution in [0.3, 0.4) is 0 Å². The summed E-state index contributed by atoms with van der Waals surface area (Å²) in [5, 5.41) is 0. The molecule has 0 spiro atoms. The maximum absolute atomic E-state index is 6.68. The van der Waals surface area contributed by atoms with Gasteiger partial charge in [0, 0.05) is 0 Å². The molecular weight excluding hydrogens is 917 g/mol. The first-order chi connectivity index (χ1) is 26.1. The van der Waals surface area contributed by atoms with E-state index in [1.165, 1.54) is 58.8 Å². The Labute approximate surface area is 390 Å². The van der Waals surface area contributed by atoms with Crippen LogP contribution in [0.15, 0.2) is 78.9 Å². The van der Waals surface area contributed by atoms with Crippen molar-refractivity contribution in [1.82, 2.24) is 0 Å². The molecule has 6 rings (SSSR count). The number of hydrogen-bond acceptors (Lipinski definition) is 0. The third-order valence-corrected chi connectivity index (χ3v) is 20.7. The molecule has 310 valence electrons. The van der Waals surface area contributed by atoms with Gasteiger partial charge in [0.15, 0.2) is 0 Å². The monoisotopic (exact) mass is 972 g/mol. The second-order valence-corrected chi connectivity index (χ2v) is 27.3. The molecule has 0 nitrogen and oxygen atoms in total. The Morgan fingerprint density at radius 1 is 0.517 bits per heavy atom. The first kappa shape index (κ1) is 49.5. The number of fused-ring (bicyclic) bond motifs is 3. The standard InChI is InChI=1S/C29H41.C17H14Cl4.C5H5.2ClH.Zr/c1-26(2,3)22-14-18-13-19-15-23(27(4,5)6)25(29(10,11)12)17-21(19)20(18)16-24(22)28(7,8)9;18-8-14-2-12(3-15(6-14)9-19)1-13-4-16(10-20)7-17(5-13)11-21;1-2-4-5-3-1;;;/h14,16-17H,13H2,1-12H3;2-7H,8-11H2;1-5H;2*1H;/q;;;;;+2/p-2. The van der Waals surface area contributed by atoms with Gasteiger partial charge in [-0.1, -0.05) is 0 Å². The second-order valence-electron chi connectivity index (χ2n) is 20.1. The number of benzene rings is 4. The topological polar surface area (TPSA) is 0 Å². The fraction of sp³-hybridized carbons (Fsp3) is 0.431. The molecule has 2 aliphatic rings. The van der Waals surface area contributed by atoms with Gasteiger partial charge in [-0.15, -0.1) is 0 Å². The zero-order chi connectivity index (χ0) is 41.1. The molecule has 0 saturated carbocycles. The van der Waals surface area contributed by atoms with Crippen molar-refractivity contribution in [3.8, 4) is 11.1 Å². The Hall–Kier alpha value is -1.15. The van der Waals surface area contributed by atoms with Crippen molar-refractivity contribution in [2.75, 3.05) is 0 Å². The van der Waals surface area contributed by atoms with E-state index in [4.69, 9.17) is 46.4 Å². The number of allylic oxidation sites excluding steroid dienone is 4. The fourth-order valence-corrected chi connectivity index (χ4v) is 18.8. The van der Waals surface area contributed by atoms with Crippen LogP contribution < -0.4 is 28.1 Å². The summed E-state index contributed by atoms with van der Waals surface area (Å²) in [6.45, 7) is 28.7. The van der Waals surface area contributed by atoms with Gasteiger partial charge in [0.25, 0.3) is 0 Å². The predicted molar refractivity (Wildman–Crippen MR) is 245 cm³/mol. The van der Waals surface area contributed by atoms with Crippen LogP contribution in [0.5, 0.6) is 0 Å². The maximum Gasteiger partial charge on any atom is -1.00 e. The van der Waals surface area contributed by atoms with Crippen LogP contribution in [0.4, 0.5) is 0 Å². The van der Waals surface area contributed by atoms with Crippen LogP contribution in [-0.2, 0) is 72.9 Å². The molecule has 0 saturated heterocycles. The molecule has 2 aliphatic carbocycles. The Kier molecular flexibility index (Phi) is 15.9. The van der Waals surface area contributed by atoms with Crippen LogP contribution in [0.1, 0.15) is 150 Å². The van der Waals surface area contributed by atoms with Crippen molar-refractivity contribution in [1.29, 1.82) is 0 Å². The minimum Gasteiger partial charge on any atom is -1.00 e. The molecule has 58 heavy (non-hydrogen) atoms. The predicted octanol–water partition coefficient (Wildman–Crippen LogP) is 8.84. The average Bonchev–Trinajstić information content (AvgIpc) is 3.79. The smallest absolute Gasteiger partial charge is 1.00 e. The van der Waals surface area contributed by atoms with Gasteiger partial charge in [-0.05, 0) is 0 Å². The molecule has 0 unspecified atom stereocenters. The Morgan fingerprint density at radius 2 is 0.914 bits per heavy atom. The summed E-state index contributed by atoms with van der Waals surface area (Å²) in [4.78, 5) is 0. The molecule has 4 aromatic carbocycles. The summed E-state index contributed by atoms with van der Waals surface area (Å²) >= 11 is 23.5. The van der Waals surface area contributed by atoms with Gasteiger partial charge < -0.3 is 24.8 Å². The van der Waals surface area contributed by atoms with Crippen molar-refractivity contribution in [2.24, 2.45) is 0 Å². The zero-order valence-corrected chi connectivity index (χ0v) is 43.4. The number of rotatable bonds is 8. The van der Waals surface area contributed by atoms with Crippen molar-refractivity contribution < 1.29 is 46.1 Å². The fourth-order valence-electron chi connectivity index (χ4n) is 8.97. The molecule has 0 amide bonds. The normalized spacial score (nSPS) is 13.8. The van der Waals surface area contributed by atoms with Crippen LogP contribution in [0.2, 0.25) is 3.63 Å². The van der Waals surface area contributed by atoms with Crippen molar-refractivity contribution in [3.05, 3.63) is 146 Å². The summed E-state index contributed by atoms with van der Waals surface area (Å²) in [7, 11) is 0. The van der Waals surface area contributed by atoms with Crippen LogP contribution in [0, 0.1) is 0 Å². The summed E-state index contributed by atoms with van der Waals surface area (Å²) in [5.74, 6) is 1.69. The molecule has 4 aromatic rings. The van der Waals surface area contributed by atoms with E-state index in [2.05, 4.69) is 162 Å². The van der Waals surface area contributed by atoms with E-state index < -0.39 is 21.3 Å². The van der Waals surface area contributed by atoms with Crippen LogP contribution >= 0.6 is 46.4 Å². The minimum atomic E-state index is -3.20. The molecule has 0 fully saturated rings. The van der Waals surface area contributed by atoms with E-state index in [-0.39, 0.29) is 46.5 Å². The summed E-state index contributed by atoms with van der Waals surface area (Å²) in [6.07, 6.45) is 10.4. The number of halogens is 6. The quantitative estimate of drug-likeness (QED) is 0.137. The average molecular weight is 977 g/mol. The third kappa shape index (κ3) is 10.0. The molecule has 0 aliphatic heterocycles. The first-order valence-electron chi connectivity index (χ1n) is 20.1. The SMILES string of the molecule is CC(C)(C)c1cc2c(cc1C(C)(C)C)-c1cc(C(C)(C)C)c(C(C)(C)C)[c]([Zr+2](=[C](c3cc(CCl)cc(CCl)c3)c3cc(CCl)cc(CCl)c3)[CH]3C=CC=C3)c1C2.[Cl-].[Cl-]. The van der Waals surface area contributed by atoms with E-state index in [0.717, 1.165) is 28.7 Å². The van der Waals surface area contributed by atoms with E-state index >= 15 is 0 Å². The molecule has 0 aromatic heterocycles. The number of hydrogen-bond donors (Lipinski definition) is 0. The molecule has 0 N–H and O–H groups in total. The summed E-state index contributed by atoms with van der Waals surface area (Å²) in [5.41, 5.74) is 18.3. The van der Waals surface area contributed by atoms with Crippen LogP contribution in [-0.4, -0.2) is 3.21 Å². The van der Waals surface area contributed by atoms with Gasteiger partial charge in [-0.3, -0.25) is 0 Å². The number of alkyl halides is 4. The van der Waals surface area contributed by atoms with Crippen molar-refractivity contribution in [2.45, 2.75) is 138 Å². The first-order valence-corrected chi connectivity index (χ1v) is 26.1. The Morgan fingerprint density at radius 3 is 1.29 bits per heavy atom.